The number of hydrogen-bond acceptors (Lipinski definition) is 6. The van der Waals surface area contributed by atoms with Crippen LogP contribution in [0.25, 0.3) is 10.2 Å². The lowest BCUT2D eigenvalue weighted by atomic mass is 10.1. The second kappa shape index (κ2) is 7.62. The van der Waals surface area contributed by atoms with Crippen LogP contribution in [0.15, 0.2) is 48.5 Å². The van der Waals surface area contributed by atoms with Gasteiger partial charge in [0.25, 0.3) is 5.91 Å². The quantitative estimate of drug-likeness (QED) is 0.474. The zero-order valence-electron chi connectivity index (χ0n) is 16.1. The molecule has 0 fully saturated rings. The summed E-state index contributed by atoms with van der Waals surface area (Å²) >= 11 is 2.92. The van der Waals surface area contributed by atoms with E-state index in [1.807, 2.05) is 37.3 Å². The predicted molar refractivity (Wildman–Crippen MR) is 121 cm³/mol. The Morgan fingerprint density at radius 2 is 1.80 bits per heavy atom. The lowest BCUT2D eigenvalue weighted by Crippen LogP contribution is -2.20. The van der Waals surface area contributed by atoms with E-state index in [2.05, 4.69) is 26.7 Å². The van der Waals surface area contributed by atoms with Crippen LogP contribution < -0.4 is 10.6 Å². The highest BCUT2D eigenvalue weighted by molar-refractivity contribution is 7.22. The zero-order chi connectivity index (χ0) is 20.7. The lowest BCUT2D eigenvalue weighted by molar-refractivity contribution is -0.117. The summed E-state index contributed by atoms with van der Waals surface area (Å²) in [4.78, 5) is 35.4. The van der Waals surface area contributed by atoms with Gasteiger partial charge in [-0.2, -0.15) is 0 Å². The lowest BCUT2D eigenvalue weighted by Gasteiger charge is -2.08. The maximum Gasteiger partial charge on any atom is 0.257 e. The van der Waals surface area contributed by atoms with E-state index >= 15 is 0 Å². The van der Waals surface area contributed by atoms with Crippen LogP contribution in [0, 0.1) is 6.92 Å². The second-order valence-corrected chi connectivity index (χ2v) is 9.33. The summed E-state index contributed by atoms with van der Waals surface area (Å²) in [6, 6.07) is 15.1. The number of fused-ring (bicyclic) bond motifs is 2. The molecular formula is C22H18N4O2S2. The number of hydrogen-bond donors (Lipinski definition) is 2. The van der Waals surface area contributed by atoms with Crippen molar-refractivity contribution in [3.05, 3.63) is 70.2 Å². The Bertz CT molecular complexity index is 1260. The van der Waals surface area contributed by atoms with Crippen molar-refractivity contribution in [3.8, 4) is 0 Å². The third-order valence-corrected chi connectivity index (χ3v) is 7.04. The Hall–Kier alpha value is -3.10. The van der Waals surface area contributed by atoms with E-state index in [0.717, 1.165) is 39.2 Å². The van der Waals surface area contributed by atoms with Gasteiger partial charge >= 0.3 is 0 Å². The molecule has 150 valence electrons. The van der Waals surface area contributed by atoms with Crippen molar-refractivity contribution in [1.29, 1.82) is 0 Å². The molecule has 8 heteroatoms. The van der Waals surface area contributed by atoms with Crippen molar-refractivity contribution in [3.63, 3.8) is 0 Å². The first-order valence-electron chi connectivity index (χ1n) is 9.61. The van der Waals surface area contributed by atoms with Crippen LogP contribution in [0.4, 0.5) is 10.3 Å². The number of aryl methyl sites for hydroxylation is 2. The average Bonchev–Trinajstić information content (AvgIpc) is 3.41. The first kappa shape index (κ1) is 18.9. The van der Waals surface area contributed by atoms with E-state index in [-0.39, 0.29) is 17.7 Å². The summed E-state index contributed by atoms with van der Waals surface area (Å²) in [6.07, 6.45) is 1.50. The Kier molecular flexibility index (Phi) is 4.80. The van der Waals surface area contributed by atoms with Gasteiger partial charge in [-0.3, -0.25) is 14.9 Å². The third-order valence-electron chi connectivity index (χ3n) is 5.06. The number of nitrogens with zero attached hydrogens (tertiary/aromatic N) is 2. The van der Waals surface area contributed by atoms with Crippen molar-refractivity contribution in [1.82, 2.24) is 9.97 Å². The van der Waals surface area contributed by atoms with Gasteiger partial charge in [-0.1, -0.05) is 35.6 Å². The fourth-order valence-electron chi connectivity index (χ4n) is 3.57. The summed E-state index contributed by atoms with van der Waals surface area (Å²) in [6.45, 7) is 2.04. The van der Waals surface area contributed by atoms with Crippen LogP contribution >= 0.6 is 22.7 Å². The predicted octanol–water partition coefficient (Wildman–Crippen LogP) is 4.98. The molecule has 0 spiro atoms. The topological polar surface area (TPSA) is 84.0 Å². The molecule has 2 amide bonds. The highest BCUT2D eigenvalue weighted by atomic mass is 32.1. The van der Waals surface area contributed by atoms with E-state index in [9.17, 15) is 9.59 Å². The summed E-state index contributed by atoms with van der Waals surface area (Å²) < 4.78 is 1.05. The molecule has 5 rings (SSSR count). The van der Waals surface area contributed by atoms with Crippen molar-refractivity contribution in [2.75, 3.05) is 10.6 Å². The largest absolute Gasteiger partial charge is 0.301 e. The number of nitrogens with one attached hydrogen (secondary N) is 2. The van der Waals surface area contributed by atoms with Crippen LogP contribution in [-0.2, 0) is 11.2 Å². The van der Waals surface area contributed by atoms with Gasteiger partial charge < -0.3 is 5.32 Å². The minimum absolute atomic E-state index is 0.101. The molecule has 2 heterocycles. The van der Waals surface area contributed by atoms with Crippen molar-refractivity contribution in [2.24, 2.45) is 0 Å². The number of thiazole rings is 2. The fourth-order valence-corrected chi connectivity index (χ4v) is 5.57. The first-order valence-corrected chi connectivity index (χ1v) is 11.2. The van der Waals surface area contributed by atoms with Gasteiger partial charge in [-0.05, 0) is 49.6 Å². The standard InChI is InChI=1S/C22H18N4O2S2/c1-12-7-9-15-17(11-12)30-21(23-15)26-20(28)14-8-10-16-18(14)24-22(29-16)25-19(27)13-5-3-2-4-6-13/h2-7,9,11,14H,8,10H2,1H3,(H,23,26,28)(H,24,25,27). The Balaban J connectivity index is 1.31. The minimum atomic E-state index is -0.327. The van der Waals surface area contributed by atoms with Gasteiger partial charge in [0, 0.05) is 10.4 Å². The maximum absolute atomic E-state index is 12.9. The molecule has 4 aromatic rings. The Morgan fingerprint density at radius 1 is 1.00 bits per heavy atom. The highest BCUT2D eigenvalue weighted by Gasteiger charge is 2.33. The van der Waals surface area contributed by atoms with E-state index in [0.29, 0.717) is 15.8 Å². The minimum Gasteiger partial charge on any atom is -0.301 e. The summed E-state index contributed by atoms with van der Waals surface area (Å²) in [5, 5.41) is 6.93. The molecule has 0 aliphatic heterocycles. The number of benzene rings is 2. The molecule has 1 atom stereocenters. The molecule has 30 heavy (non-hydrogen) atoms. The SMILES string of the molecule is Cc1ccc2nc(NC(=O)C3CCc4sc(NC(=O)c5ccccc5)nc43)sc2c1. The van der Waals surface area contributed by atoms with Gasteiger partial charge in [0.15, 0.2) is 10.3 Å². The van der Waals surface area contributed by atoms with Crippen LogP contribution in [0.3, 0.4) is 0 Å². The second-order valence-electron chi connectivity index (χ2n) is 7.22. The van der Waals surface area contributed by atoms with Crippen molar-refractivity contribution >= 4 is 55.0 Å². The molecule has 0 saturated carbocycles. The van der Waals surface area contributed by atoms with Crippen molar-refractivity contribution < 1.29 is 9.59 Å². The molecular weight excluding hydrogens is 416 g/mol. The number of carbonyl (C=O) groups is 2. The van der Waals surface area contributed by atoms with Gasteiger partial charge in [0.2, 0.25) is 5.91 Å². The molecule has 1 aliphatic rings. The highest BCUT2D eigenvalue weighted by Crippen LogP contribution is 2.39. The van der Waals surface area contributed by atoms with E-state index in [1.165, 1.54) is 22.7 Å². The average molecular weight is 435 g/mol. The Morgan fingerprint density at radius 3 is 2.63 bits per heavy atom. The normalized spacial score (nSPS) is 15.2. The molecule has 0 radical (unpaired) electrons. The van der Waals surface area contributed by atoms with Crippen LogP contribution in [0.1, 0.15) is 38.8 Å². The number of anilines is 2. The zero-order valence-corrected chi connectivity index (χ0v) is 17.8. The molecule has 6 nitrogen and oxygen atoms in total. The smallest absolute Gasteiger partial charge is 0.257 e. The van der Waals surface area contributed by atoms with Crippen LogP contribution in [0.2, 0.25) is 0 Å². The van der Waals surface area contributed by atoms with Gasteiger partial charge in [0.1, 0.15) is 0 Å². The van der Waals surface area contributed by atoms with Crippen molar-refractivity contribution in [2.45, 2.75) is 25.7 Å². The molecule has 2 N–H and O–H groups in total. The number of rotatable bonds is 4. The maximum atomic E-state index is 12.9. The monoisotopic (exact) mass is 434 g/mol. The molecule has 0 saturated heterocycles. The molecule has 2 aromatic carbocycles. The molecule has 1 unspecified atom stereocenters. The Labute approximate surface area is 181 Å². The van der Waals surface area contributed by atoms with Crippen LogP contribution in [-0.4, -0.2) is 21.8 Å². The number of carbonyl (C=O) groups excluding carboxylic acids is 2. The van der Waals surface area contributed by atoms with Gasteiger partial charge in [0.05, 0.1) is 21.8 Å². The summed E-state index contributed by atoms with van der Waals surface area (Å²) in [5.74, 6) is -0.628. The van der Waals surface area contributed by atoms with Gasteiger partial charge in [-0.25, -0.2) is 9.97 Å². The third kappa shape index (κ3) is 3.59. The number of aromatic nitrogens is 2. The fraction of sp³-hybridized carbons (Fsp3) is 0.182. The molecule has 2 aromatic heterocycles. The van der Waals surface area contributed by atoms with E-state index < -0.39 is 0 Å². The van der Waals surface area contributed by atoms with Crippen LogP contribution in [0.5, 0.6) is 0 Å². The van der Waals surface area contributed by atoms with Gasteiger partial charge in [-0.15, -0.1) is 11.3 Å². The molecule has 0 bridgehead atoms. The van der Waals surface area contributed by atoms with E-state index in [1.54, 1.807) is 12.1 Å². The summed E-state index contributed by atoms with van der Waals surface area (Å²) in [7, 11) is 0. The molecule has 1 aliphatic carbocycles. The number of amides is 2. The van der Waals surface area contributed by atoms with E-state index in [4.69, 9.17) is 0 Å². The first-order chi connectivity index (χ1) is 14.6. The summed E-state index contributed by atoms with van der Waals surface area (Å²) in [5.41, 5.74) is 3.38.